The molecule has 1 N–H and O–H groups in total. The Kier molecular flexibility index (Phi) is 6.62. The summed E-state index contributed by atoms with van der Waals surface area (Å²) in [6, 6.07) is 13.6. The number of fused-ring (bicyclic) bond motifs is 2. The molecular weight excluding hydrogens is 448 g/mol. The zero-order valence-corrected chi connectivity index (χ0v) is 18.6. The fourth-order valence-electron chi connectivity index (χ4n) is 4.45. The van der Waals surface area contributed by atoms with E-state index in [9.17, 15) is 23.6 Å². The Labute approximate surface area is 191 Å². The van der Waals surface area contributed by atoms with E-state index in [2.05, 4.69) is 4.90 Å². The van der Waals surface area contributed by atoms with Gasteiger partial charge < -0.3 is 9.84 Å². The highest BCUT2D eigenvalue weighted by molar-refractivity contribution is 7.89. The number of benzene rings is 2. The van der Waals surface area contributed by atoms with E-state index in [0.29, 0.717) is 30.9 Å². The van der Waals surface area contributed by atoms with Crippen molar-refractivity contribution in [3.05, 3.63) is 64.2 Å². The molecule has 2 aliphatic heterocycles. The smallest absolute Gasteiger partial charge is 0.269 e. The summed E-state index contributed by atoms with van der Waals surface area (Å²) in [6.07, 6.45) is 0.918. The molecule has 2 aromatic rings. The number of sulfonamides is 1. The van der Waals surface area contributed by atoms with E-state index in [1.54, 1.807) is 24.3 Å². The van der Waals surface area contributed by atoms with E-state index in [1.165, 1.54) is 28.6 Å². The van der Waals surface area contributed by atoms with Crippen LogP contribution in [0, 0.1) is 21.4 Å². The fraction of sp³-hybridized carbons (Fsp3) is 0.409. The van der Waals surface area contributed by atoms with Crippen LogP contribution in [0.25, 0.3) is 0 Å². The highest BCUT2D eigenvalue weighted by Crippen LogP contribution is 2.33. The molecular formula is C22H24N4O6S. The quantitative estimate of drug-likeness (QED) is 0.453. The monoisotopic (exact) mass is 472 g/mol. The molecule has 2 aliphatic rings. The molecule has 3 atom stereocenters. The van der Waals surface area contributed by atoms with Crippen LogP contribution in [0.15, 0.2) is 53.4 Å². The molecule has 2 saturated heterocycles. The van der Waals surface area contributed by atoms with Gasteiger partial charge in [-0.1, -0.05) is 0 Å². The van der Waals surface area contributed by atoms with Crippen molar-refractivity contribution in [2.24, 2.45) is 0 Å². The van der Waals surface area contributed by atoms with Crippen LogP contribution in [-0.4, -0.2) is 72.1 Å². The summed E-state index contributed by atoms with van der Waals surface area (Å²) in [7, 11) is -3.76. The Morgan fingerprint density at radius 3 is 2.27 bits per heavy atom. The van der Waals surface area contributed by atoms with Gasteiger partial charge in [-0.2, -0.15) is 9.57 Å². The number of nitrogens with zero attached hydrogens (tertiary/aromatic N) is 4. The number of hydrogen-bond acceptors (Lipinski definition) is 8. The van der Waals surface area contributed by atoms with Gasteiger partial charge in [0, 0.05) is 43.9 Å². The summed E-state index contributed by atoms with van der Waals surface area (Å²) in [4.78, 5) is 12.5. The first-order valence-electron chi connectivity index (χ1n) is 10.6. The molecule has 174 valence electrons. The largest absolute Gasteiger partial charge is 0.491 e. The standard InChI is InChI=1S/C22H24N4O6S/c23-11-16-1-7-21(8-2-16)32-15-20(27)14-25-18-3-4-19(25)13-24(12-18)33(30,31)22-9-5-17(6-10-22)26(28)29/h1-2,5-10,18-20,27H,3-4,12-15H2. The maximum absolute atomic E-state index is 13.1. The third-order valence-electron chi connectivity index (χ3n) is 6.13. The topological polar surface area (TPSA) is 137 Å². The summed E-state index contributed by atoms with van der Waals surface area (Å²) < 4.78 is 33.2. The molecule has 4 rings (SSSR count). The zero-order valence-electron chi connectivity index (χ0n) is 17.8. The number of nitro groups is 1. The van der Waals surface area contributed by atoms with Gasteiger partial charge in [0.15, 0.2) is 0 Å². The van der Waals surface area contributed by atoms with Crippen LogP contribution < -0.4 is 4.74 Å². The van der Waals surface area contributed by atoms with Crippen LogP contribution in [0.2, 0.25) is 0 Å². The van der Waals surface area contributed by atoms with Crippen molar-refractivity contribution in [2.75, 3.05) is 26.2 Å². The van der Waals surface area contributed by atoms with Gasteiger partial charge in [-0.15, -0.1) is 0 Å². The van der Waals surface area contributed by atoms with Crippen LogP contribution in [0.3, 0.4) is 0 Å². The molecule has 3 unspecified atom stereocenters. The van der Waals surface area contributed by atoms with E-state index in [0.717, 1.165) is 12.8 Å². The molecule has 0 aliphatic carbocycles. The number of ether oxygens (including phenoxy) is 1. The van der Waals surface area contributed by atoms with E-state index in [-0.39, 0.29) is 29.3 Å². The summed E-state index contributed by atoms with van der Waals surface area (Å²) in [5, 5.41) is 30.2. The van der Waals surface area contributed by atoms with Crippen LogP contribution in [0.1, 0.15) is 18.4 Å². The van der Waals surface area contributed by atoms with Gasteiger partial charge >= 0.3 is 0 Å². The molecule has 0 amide bonds. The summed E-state index contributed by atoms with van der Waals surface area (Å²) >= 11 is 0. The number of non-ortho nitro benzene ring substituents is 1. The Morgan fingerprint density at radius 2 is 1.73 bits per heavy atom. The fourth-order valence-corrected chi connectivity index (χ4v) is 5.96. The molecule has 0 radical (unpaired) electrons. The Bertz CT molecular complexity index is 1130. The van der Waals surface area contributed by atoms with E-state index < -0.39 is 21.1 Å². The molecule has 2 aromatic carbocycles. The maximum Gasteiger partial charge on any atom is 0.269 e. The molecule has 11 heteroatoms. The highest BCUT2D eigenvalue weighted by atomic mass is 32.2. The summed E-state index contributed by atoms with van der Waals surface area (Å²) in [5.74, 6) is 0.565. The molecule has 10 nitrogen and oxygen atoms in total. The van der Waals surface area contributed by atoms with Gasteiger partial charge in [0.2, 0.25) is 10.0 Å². The zero-order chi connectivity index (χ0) is 23.6. The lowest BCUT2D eigenvalue weighted by molar-refractivity contribution is -0.384. The van der Waals surface area contributed by atoms with Crippen LogP contribution in [-0.2, 0) is 10.0 Å². The molecule has 2 bridgehead atoms. The van der Waals surface area contributed by atoms with Crippen molar-refractivity contribution in [2.45, 2.75) is 35.9 Å². The number of aliphatic hydroxyl groups is 1. The van der Waals surface area contributed by atoms with Gasteiger partial charge in [-0.25, -0.2) is 8.42 Å². The van der Waals surface area contributed by atoms with Crippen molar-refractivity contribution in [3.8, 4) is 11.8 Å². The number of nitro benzene ring substituents is 1. The average molecular weight is 473 g/mol. The third kappa shape index (κ3) is 4.99. The Morgan fingerprint density at radius 1 is 1.12 bits per heavy atom. The second-order valence-electron chi connectivity index (χ2n) is 8.26. The summed E-state index contributed by atoms with van der Waals surface area (Å²) in [5.41, 5.74) is 0.372. The minimum absolute atomic E-state index is 0.0128. The van der Waals surface area contributed by atoms with Crippen LogP contribution in [0.5, 0.6) is 5.75 Å². The predicted octanol–water partition coefficient (Wildman–Crippen LogP) is 1.74. The van der Waals surface area contributed by atoms with Gasteiger partial charge in [0.05, 0.1) is 21.5 Å². The number of piperazine rings is 1. The van der Waals surface area contributed by atoms with Crippen molar-refractivity contribution >= 4 is 15.7 Å². The lowest BCUT2D eigenvalue weighted by Crippen LogP contribution is -2.57. The number of nitriles is 1. The van der Waals surface area contributed by atoms with Crippen molar-refractivity contribution < 1.29 is 23.2 Å². The Balaban J connectivity index is 1.35. The lowest BCUT2D eigenvalue weighted by Gasteiger charge is -2.41. The molecule has 0 aromatic heterocycles. The van der Waals surface area contributed by atoms with E-state index in [1.807, 2.05) is 6.07 Å². The van der Waals surface area contributed by atoms with Crippen molar-refractivity contribution in [3.63, 3.8) is 0 Å². The van der Waals surface area contributed by atoms with Gasteiger partial charge in [0.1, 0.15) is 18.5 Å². The molecule has 2 fully saturated rings. The Hall–Kier alpha value is -3.04. The lowest BCUT2D eigenvalue weighted by atomic mass is 10.2. The van der Waals surface area contributed by atoms with E-state index >= 15 is 0 Å². The first kappa shape index (κ1) is 23.1. The average Bonchev–Trinajstić information content (AvgIpc) is 3.03. The number of aliphatic hydroxyl groups excluding tert-OH is 1. The van der Waals surface area contributed by atoms with Crippen LogP contribution >= 0.6 is 0 Å². The molecule has 33 heavy (non-hydrogen) atoms. The highest BCUT2D eigenvalue weighted by Gasteiger charge is 2.44. The van der Waals surface area contributed by atoms with Gasteiger partial charge in [-0.05, 0) is 49.2 Å². The SMILES string of the molecule is N#Cc1ccc(OCC(O)CN2C3CCC2CN(S(=O)(=O)c2ccc([N+](=O)[O-])cc2)C3)cc1. The first-order valence-corrected chi connectivity index (χ1v) is 12.0. The maximum atomic E-state index is 13.1. The van der Waals surface area contributed by atoms with E-state index in [4.69, 9.17) is 10.00 Å². The van der Waals surface area contributed by atoms with Crippen molar-refractivity contribution in [1.29, 1.82) is 5.26 Å². The molecule has 0 spiro atoms. The summed E-state index contributed by atoms with van der Waals surface area (Å²) in [6.45, 7) is 1.07. The second-order valence-corrected chi connectivity index (χ2v) is 10.2. The van der Waals surface area contributed by atoms with Crippen molar-refractivity contribution in [1.82, 2.24) is 9.21 Å². The molecule has 2 heterocycles. The van der Waals surface area contributed by atoms with Crippen LogP contribution in [0.4, 0.5) is 5.69 Å². The first-order chi connectivity index (χ1) is 15.8. The third-order valence-corrected chi connectivity index (χ3v) is 7.98. The minimum atomic E-state index is -3.76. The normalized spacial score (nSPS) is 21.9. The minimum Gasteiger partial charge on any atom is -0.491 e. The number of rotatable bonds is 8. The molecule has 0 saturated carbocycles. The number of hydrogen-bond donors (Lipinski definition) is 1. The van der Waals surface area contributed by atoms with Gasteiger partial charge in [-0.3, -0.25) is 15.0 Å². The predicted molar refractivity (Wildman–Crippen MR) is 118 cm³/mol. The second kappa shape index (κ2) is 9.44. The van der Waals surface area contributed by atoms with Gasteiger partial charge in [0.25, 0.3) is 5.69 Å².